The third kappa shape index (κ3) is 5.64. The smallest absolute Gasteiger partial charge is 0.321 e. The minimum absolute atomic E-state index is 0.0295. The molecule has 0 bridgehead atoms. The van der Waals surface area contributed by atoms with Gasteiger partial charge in [0, 0.05) is 30.2 Å². The van der Waals surface area contributed by atoms with Crippen LogP contribution in [0.15, 0.2) is 36.7 Å². The van der Waals surface area contributed by atoms with Crippen molar-refractivity contribution >= 4 is 17.7 Å². The molecule has 0 aliphatic heterocycles. The molecule has 2 aromatic rings. The second-order valence-corrected chi connectivity index (χ2v) is 6.99. The number of amides is 2. The van der Waals surface area contributed by atoms with E-state index in [1.807, 2.05) is 18.7 Å². The molecule has 1 fully saturated rings. The van der Waals surface area contributed by atoms with E-state index >= 15 is 0 Å². The van der Waals surface area contributed by atoms with Gasteiger partial charge >= 0.3 is 18.0 Å². The summed E-state index contributed by atoms with van der Waals surface area (Å²) < 4.78 is 5.59. The number of likely N-dealkylation sites (N-methyl/N-ethyl adjacent to an activating group) is 1. The van der Waals surface area contributed by atoms with E-state index < -0.39 is 5.97 Å². The number of urea groups is 1. The molecule has 1 heterocycles. The van der Waals surface area contributed by atoms with Crippen LogP contribution in [-0.4, -0.2) is 57.1 Å². The molecule has 0 unspecified atom stereocenters. The van der Waals surface area contributed by atoms with Gasteiger partial charge in [-0.05, 0) is 56.1 Å². The summed E-state index contributed by atoms with van der Waals surface area (Å²) in [7, 11) is 0. The third-order valence-corrected chi connectivity index (χ3v) is 4.91. The summed E-state index contributed by atoms with van der Waals surface area (Å²) in [4.78, 5) is 33.1. The summed E-state index contributed by atoms with van der Waals surface area (Å²) in [6.45, 7) is 4.52. The molecule has 9 nitrogen and oxygen atoms in total. The van der Waals surface area contributed by atoms with Crippen LogP contribution < -0.4 is 15.4 Å². The second-order valence-electron chi connectivity index (χ2n) is 6.99. The molecule has 1 aliphatic carbocycles. The molecule has 9 heteroatoms. The van der Waals surface area contributed by atoms with Crippen molar-refractivity contribution in [2.24, 2.45) is 0 Å². The molecule has 1 aromatic carbocycles. The molecule has 154 valence electrons. The van der Waals surface area contributed by atoms with E-state index in [9.17, 15) is 9.59 Å². The summed E-state index contributed by atoms with van der Waals surface area (Å²) in [6, 6.07) is 7.23. The Hall–Kier alpha value is -3.20. The SMILES string of the molecule is CCN(CC(=O)O)C1CC(NC(=O)Nc2ccc(Oc3ncccn3)cc2C)C1. The molecule has 29 heavy (non-hydrogen) atoms. The summed E-state index contributed by atoms with van der Waals surface area (Å²) in [6.07, 6.45) is 4.69. The Bertz CT molecular complexity index is 855. The van der Waals surface area contributed by atoms with E-state index in [0.29, 0.717) is 18.0 Å². The van der Waals surface area contributed by atoms with Crippen LogP contribution >= 0.6 is 0 Å². The molecule has 0 radical (unpaired) electrons. The van der Waals surface area contributed by atoms with Gasteiger partial charge in [-0.3, -0.25) is 9.69 Å². The van der Waals surface area contributed by atoms with Gasteiger partial charge in [-0.25, -0.2) is 14.8 Å². The molecule has 2 amide bonds. The van der Waals surface area contributed by atoms with E-state index in [1.165, 1.54) is 0 Å². The molecule has 0 atom stereocenters. The number of aromatic nitrogens is 2. The first-order valence-corrected chi connectivity index (χ1v) is 9.53. The number of rotatable bonds is 8. The van der Waals surface area contributed by atoms with Crippen LogP contribution in [0.1, 0.15) is 25.3 Å². The first-order valence-electron chi connectivity index (χ1n) is 9.53. The van der Waals surface area contributed by atoms with Gasteiger partial charge in [-0.2, -0.15) is 0 Å². The van der Waals surface area contributed by atoms with Crippen molar-refractivity contribution in [2.75, 3.05) is 18.4 Å². The van der Waals surface area contributed by atoms with E-state index in [0.717, 1.165) is 18.4 Å². The van der Waals surface area contributed by atoms with Crippen molar-refractivity contribution in [3.63, 3.8) is 0 Å². The third-order valence-electron chi connectivity index (χ3n) is 4.91. The quantitative estimate of drug-likeness (QED) is 0.625. The normalized spacial score (nSPS) is 18.0. The highest BCUT2D eigenvalue weighted by molar-refractivity contribution is 5.90. The van der Waals surface area contributed by atoms with Crippen molar-refractivity contribution in [3.8, 4) is 11.8 Å². The standard InChI is InChI=1S/C20H25N5O4/c1-3-25(12-18(26)27)15-10-14(11-15)23-19(28)24-17-6-5-16(9-13(17)2)29-20-21-7-4-8-22-20/h4-9,14-15H,3,10-12H2,1-2H3,(H,26,27)(H2,23,24,28). The van der Waals surface area contributed by atoms with E-state index in [1.54, 1.807) is 36.7 Å². The number of aryl methyl sites for hydroxylation is 1. The number of nitrogens with one attached hydrogen (secondary N) is 2. The molecule has 3 rings (SSSR count). The monoisotopic (exact) mass is 399 g/mol. The summed E-state index contributed by atoms with van der Waals surface area (Å²) in [5, 5.41) is 14.7. The van der Waals surface area contributed by atoms with Crippen molar-refractivity contribution in [2.45, 2.75) is 38.8 Å². The Labute approximate surface area is 169 Å². The average Bonchev–Trinajstić information content (AvgIpc) is 2.65. The number of hydrogen-bond donors (Lipinski definition) is 3. The van der Waals surface area contributed by atoms with Crippen molar-refractivity contribution in [1.82, 2.24) is 20.2 Å². The van der Waals surface area contributed by atoms with Gasteiger partial charge in [0.2, 0.25) is 0 Å². The van der Waals surface area contributed by atoms with E-state index in [-0.39, 0.29) is 30.7 Å². The molecular formula is C20H25N5O4. The molecule has 1 aliphatic rings. The van der Waals surface area contributed by atoms with Crippen LogP contribution in [0, 0.1) is 6.92 Å². The van der Waals surface area contributed by atoms with E-state index in [2.05, 4.69) is 20.6 Å². The fourth-order valence-electron chi connectivity index (χ4n) is 3.30. The topological polar surface area (TPSA) is 117 Å². The number of carboxylic acid groups (broad SMARTS) is 1. The van der Waals surface area contributed by atoms with Crippen LogP contribution in [0.25, 0.3) is 0 Å². The minimum atomic E-state index is -0.831. The lowest BCUT2D eigenvalue weighted by Crippen LogP contribution is -2.55. The fourth-order valence-corrected chi connectivity index (χ4v) is 3.30. The van der Waals surface area contributed by atoms with Crippen molar-refractivity contribution in [1.29, 1.82) is 0 Å². The number of nitrogens with zero attached hydrogens (tertiary/aromatic N) is 3. The summed E-state index contributed by atoms with van der Waals surface area (Å²) in [5.41, 5.74) is 1.53. The van der Waals surface area contributed by atoms with Crippen LogP contribution in [0.3, 0.4) is 0 Å². The lowest BCUT2D eigenvalue weighted by atomic mass is 9.85. The number of aliphatic carboxylic acids is 1. The summed E-state index contributed by atoms with van der Waals surface area (Å²) >= 11 is 0. The molecule has 1 aromatic heterocycles. The van der Waals surface area contributed by atoms with Crippen LogP contribution in [-0.2, 0) is 4.79 Å². The maximum atomic E-state index is 12.3. The molecule has 0 spiro atoms. The van der Waals surface area contributed by atoms with Crippen molar-refractivity contribution < 1.29 is 19.4 Å². The van der Waals surface area contributed by atoms with Crippen molar-refractivity contribution in [3.05, 3.63) is 42.2 Å². The molecule has 3 N–H and O–H groups in total. The van der Waals surface area contributed by atoms with Gasteiger partial charge in [0.05, 0.1) is 6.54 Å². The largest absolute Gasteiger partial charge is 0.480 e. The maximum absolute atomic E-state index is 12.3. The van der Waals surface area contributed by atoms with Gasteiger partial charge in [-0.15, -0.1) is 0 Å². The molecule has 0 saturated heterocycles. The Balaban J connectivity index is 1.48. The first-order chi connectivity index (χ1) is 13.9. The Morgan fingerprint density at radius 1 is 1.28 bits per heavy atom. The Morgan fingerprint density at radius 2 is 2.00 bits per heavy atom. The fraction of sp³-hybridized carbons (Fsp3) is 0.400. The van der Waals surface area contributed by atoms with Gasteiger partial charge in [0.15, 0.2) is 0 Å². The predicted octanol–water partition coefficient (Wildman–Crippen LogP) is 2.64. The zero-order valence-corrected chi connectivity index (χ0v) is 16.5. The molecular weight excluding hydrogens is 374 g/mol. The highest BCUT2D eigenvalue weighted by Crippen LogP contribution is 2.27. The predicted molar refractivity (Wildman–Crippen MR) is 107 cm³/mol. The highest BCUT2D eigenvalue weighted by atomic mass is 16.5. The van der Waals surface area contributed by atoms with Crippen LogP contribution in [0.5, 0.6) is 11.8 Å². The molecule has 1 saturated carbocycles. The van der Waals surface area contributed by atoms with Gasteiger partial charge in [0.25, 0.3) is 0 Å². The second kappa shape index (κ2) is 9.33. The Morgan fingerprint density at radius 3 is 2.62 bits per heavy atom. The van der Waals surface area contributed by atoms with Gasteiger partial charge in [-0.1, -0.05) is 6.92 Å². The number of carboxylic acids is 1. The van der Waals surface area contributed by atoms with Crippen LogP contribution in [0.4, 0.5) is 10.5 Å². The lowest BCUT2D eigenvalue weighted by molar-refractivity contribution is -0.139. The number of carbonyl (C=O) groups excluding carboxylic acids is 1. The number of hydrogen-bond acceptors (Lipinski definition) is 6. The van der Waals surface area contributed by atoms with Gasteiger partial charge < -0.3 is 20.5 Å². The Kier molecular flexibility index (Phi) is 6.61. The number of benzene rings is 1. The first kappa shape index (κ1) is 20.5. The zero-order valence-electron chi connectivity index (χ0n) is 16.5. The van der Waals surface area contributed by atoms with Crippen LogP contribution in [0.2, 0.25) is 0 Å². The summed E-state index contributed by atoms with van der Waals surface area (Å²) in [5.74, 6) is -0.248. The number of carbonyl (C=O) groups is 2. The highest BCUT2D eigenvalue weighted by Gasteiger charge is 2.34. The average molecular weight is 399 g/mol. The minimum Gasteiger partial charge on any atom is -0.480 e. The van der Waals surface area contributed by atoms with Gasteiger partial charge in [0.1, 0.15) is 5.75 Å². The number of anilines is 1. The zero-order chi connectivity index (χ0) is 20.8. The number of ether oxygens (including phenoxy) is 1. The lowest BCUT2D eigenvalue weighted by Gasteiger charge is -2.42. The maximum Gasteiger partial charge on any atom is 0.321 e. The van der Waals surface area contributed by atoms with E-state index in [4.69, 9.17) is 9.84 Å².